The zero-order valence-electron chi connectivity index (χ0n) is 14.1. The van der Waals surface area contributed by atoms with Gasteiger partial charge in [-0.25, -0.2) is 0 Å². The number of benzene rings is 1. The Morgan fingerprint density at radius 1 is 1.05 bits per heavy atom. The van der Waals surface area contributed by atoms with E-state index in [2.05, 4.69) is 57.1 Å². The molecule has 0 amide bonds. The first-order chi connectivity index (χ1) is 10.0. The van der Waals surface area contributed by atoms with Crippen molar-refractivity contribution in [3.8, 4) is 11.3 Å². The van der Waals surface area contributed by atoms with Crippen LogP contribution in [0.15, 0.2) is 30.5 Å². The van der Waals surface area contributed by atoms with Crippen molar-refractivity contribution in [1.29, 1.82) is 0 Å². The summed E-state index contributed by atoms with van der Waals surface area (Å²) < 4.78 is 1.90. The van der Waals surface area contributed by atoms with Crippen LogP contribution in [0.2, 0.25) is 18.1 Å². The van der Waals surface area contributed by atoms with Gasteiger partial charge in [-0.05, 0) is 30.2 Å². The Balaban J connectivity index is 2.47. The molecule has 0 saturated carbocycles. The highest BCUT2D eigenvalue weighted by atomic mass is 28.3. The standard InChI is InChI=1S/C18H28N2Si/c1-6-21(7-2,8-3)14-16-11-9-10-15(4)18(16)17-12-13-20(5)19-17/h9-13H,6-8,14H2,1-5H3. The lowest BCUT2D eigenvalue weighted by Gasteiger charge is -2.29. The topological polar surface area (TPSA) is 17.8 Å². The van der Waals surface area contributed by atoms with Crippen molar-refractivity contribution in [1.82, 2.24) is 9.78 Å². The predicted molar refractivity (Wildman–Crippen MR) is 94.3 cm³/mol. The summed E-state index contributed by atoms with van der Waals surface area (Å²) in [4.78, 5) is 0. The van der Waals surface area contributed by atoms with Crippen molar-refractivity contribution in [2.24, 2.45) is 7.05 Å². The molecular formula is C18H28N2Si. The molecule has 21 heavy (non-hydrogen) atoms. The van der Waals surface area contributed by atoms with Crippen LogP contribution in [-0.4, -0.2) is 17.9 Å². The van der Waals surface area contributed by atoms with E-state index in [4.69, 9.17) is 0 Å². The summed E-state index contributed by atoms with van der Waals surface area (Å²) in [5.74, 6) is 0. The van der Waals surface area contributed by atoms with Crippen LogP contribution >= 0.6 is 0 Å². The minimum atomic E-state index is -1.17. The van der Waals surface area contributed by atoms with E-state index in [0.717, 1.165) is 5.69 Å². The molecule has 0 aliphatic rings. The summed E-state index contributed by atoms with van der Waals surface area (Å²) in [5.41, 5.74) is 5.34. The van der Waals surface area contributed by atoms with Crippen molar-refractivity contribution in [2.45, 2.75) is 51.9 Å². The van der Waals surface area contributed by atoms with E-state index in [1.54, 1.807) is 0 Å². The quantitative estimate of drug-likeness (QED) is 0.687. The molecule has 114 valence electrons. The normalized spacial score (nSPS) is 11.9. The minimum absolute atomic E-state index is 1.12. The van der Waals surface area contributed by atoms with E-state index >= 15 is 0 Å². The summed E-state index contributed by atoms with van der Waals surface area (Å²) in [5, 5.41) is 4.64. The molecule has 1 aromatic carbocycles. The lowest BCUT2D eigenvalue weighted by Crippen LogP contribution is -2.35. The molecule has 1 aromatic heterocycles. The molecule has 3 heteroatoms. The fourth-order valence-electron chi connectivity index (χ4n) is 3.32. The lowest BCUT2D eigenvalue weighted by atomic mass is 10.0. The third kappa shape index (κ3) is 3.29. The molecular weight excluding hydrogens is 272 g/mol. The number of hydrogen-bond donors (Lipinski definition) is 0. The summed E-state index contributed by atoms with van der Waals surface area (Å²) in [6.45, 7) is 9.36. The highest BCUT2D eigenvalue weighted by Gasteiger charge is 2.28. The minimum Gasteiger partial charge on any atom is -0.275 e. The SMILES string of the molecule is CC[Si](CC)(CC)Cc1cccc(C)c1-c1ccn(C)n1. The van der Waals surface area contributed by atoms with Crippen molar-refractivity contribution in [3.63, 3.8) is 0 Å². The van der Waals surface area contributed by atoms with Crippen molar-refractivity contribution < 1.29 is 0 Å². The van der Waals surface area contributed by atoms with Gasteiger partial charge in [-0.2, -0.15) is 5.10 Å². The third-order valence-electron chi connectivity index (χ3n) is 5.14. The molecule has 0 aliphatic carbocycles. The summed E-state index contributed by atoms with van der Waals surface area (Å²) >= 11 is 0. The smallest absolute Gasteiger partial charge is 0.0928 e. The maximum absolute atomic E-state index is 4.64. The average molecular weight is 301 g/mol. The van der Waals surface area contributed by atoms with E-state index < -0.39 is 8.07 Å². The average Bonchev–Trinajstić information content (AvgIpc) is 2.91. The molecule has 0 saturated heterocycles. The van der Waals surface area contributed by atoms with Crippen LogP contribution in [0.5, 0.6) is 0 Å². The van der Waals surface area contributed by atoms with Gasteiger partial charge in [0.2, 0.25) is 0 Å². The first-order valence-electron chi connectivity index (χ1n) is 8.13. The van der Waals surface area contributed by atoms with Gasteiger partial charge in [-0.15, -0.1) is 0 Å². The van der Waals surface area contributed by atoms with E-state index in [1.807, 2.05) is 17.9 Å². The molecule has 0 N–H and O–H groups in total. The molecule has 2 aromatic rings. The van der Waals surface area contributed by atoms with Gasteiger partial charge in [-0.3, -0.25) is 4.68 Å². The van der Waals surface area contributed by atoms with Gasteiger partial charge in [0.15, 0.2) is 0 Å². The highest BCUT2D eigenvalue weighted by Crippen LogP contribution is 2.32. The number of aryl methyl sites for hydroxylation is 2. The van der Waals surface area contributed by atoms with Gasteiger partial charge >= 0.3 is 0 Å². The van der Waals surface area contributed by atoms with Gasteiger partial charge in [-0.1, -0.05) is 57.1 Å². The Bertz CT molecular complexity index is 589. The highest BCUT2D eigenvalue weighted by molar-refractivity contribution is 6.79. The summed E-state index contributed by atoms with van der Waals surface area (Å²) in [7, 11) is 0.817. The number of hydrogen-bond acceptors (Lipinski definition) is 1. The predicted octanol–water partition coefficient (Wildman–Crippen LogP) is 4.99. The van der Waals surface area contributed by atoms with Gasteiger partial charge in [0.25, 0.3) is 0 Å². The van der Waals surface area contributed by atoms with E-state index in [-0.39, 0.29) is 0 Å². The first kappa shape index (κ1) is 16.0. The molecule has 0 aliphatic heterocycles. The van der Waals surface area contributed by atoms with Gasteiger partial charge < -0.3 is 0 Å². The van der Waals surface area contributed by atoms with Crippen LogP contribution in [0, 0.1) is 6.92 Å². The Morgan fingerprint density at radius 2 is 1.71 bits per heavy atom. The molecule has 1 heterocycles. The molecule has 0 bridgehead atoms. The van der Waals surface area contributed by atoms with Crippen molar-refractivity contribution >= 4 is 8.07 Å². The maximum atomic E-state index is 4.64. The van der Waals surface area contributed by atoms with Crippen LogP contribution < -0.4 is 0 Å². The molecule has 2 rings (SSSR count). The summed E-state index contributed by atoms with van der Waals surface area (Å²) in [6, 6.07) is 14.3. The van der Waals surface area contributed by atoms with Gasteiger partial charge in [0.1, 0.15) is 0 Å². The van der Waals surface area contributed by atoms with Crippen LogP contribution in [-0.2, 0) is 13.1 Å². The second-order valence-corrected chi connectivity index (χ2v) is 11.7. The second kappa shape index (κ2) is 6.61. The lowest BCUT2D eigenvalue weighted by molar-refractivity contribution is 0.770. The largest absolute Gasteiger partial charge is 0.275 e. The zero-order valence-corrected chi connectivity index (χ0v) is 15.1. The van der Waals surface area contributed by atoms with E-state index in [9.17, 15) is 0 Å². The third-order valence-corrected chi connectivity index (χ3v) is 10.8. The maximum Gasteiger partial charge on any atom is 0.0928 e. The molecule has 0 unspecified atom stereocenters. The number of nitrogens with zero attached hydrogens (tertiary/aromatic N) is 2. The van der Waals surface area contributed by atoms with Crippen molar-refractivity contribution in [3.05, 3.63) is 41.6 Å². The summed E-state index contributed by atoms with van der Waals surface area (Å²) in [6.07, 6.45) is 2.04. The number of aromatic nitrogens is 2. The zero-order chi connectivity index (χ0) is 15.5. The monoisotopic (exact) mass is 300 g/mol. The molecule has 0 atom stereocenters. The molecule has 0 fully saturated rings. The van der Waals surface area contributed by atoms with E-state index in [1.165, 1.54) is 40.9 Å². The van der Waals surface area contributed by atoms with Crippen LogP contribution in [0.4, 0.5) is 0 Å². The second-order valence-electron chi connectivity index (χ2n) is 6.22. The van der Waals surface area contributed by atoms with Crippen LogP contribution in [0.25, 0.3) is 11.3 Å². The Labute approximate surface area is 130 Å². The van der Waals surface area contributed by atoms with E-state index in [0.29, 0.717) is 0 Å². The fourth-order valence-corrected chi connectivity index (χ4v) is 6.67. The van der Waals surface area contributed by atoms with Gasteiger partial charge in [0.05, 0.1) is 13.8 Å². The fraction of sp³-hybridized carbons (Fsp3) is 0.500. The number of rotatable bonds is 6. The Hall–Kier alpha value is -1.35. The Morgan fingerprint density at radius 3 is 2.24 bits per heavy atom. The molecule has 0 spiro atoms. The van der Waals surface area contributed by atoms with Crippen LogP contribution in [0.3, 0.4) is 0 Å². The van der Waals surface area contributed by atoms with Crippen LogP contribution in [0.1, 0.15) is 31.9 Å². The Kier molecular flexibility index (Phi) is 5.04. The molecule has 2 nitrogen and oxygen atoms in total. The van der Waals surface area contributed by atoms with Crippen molar-refractivity contribution in [2.75, 3.05) is 0 Å². The first-order valence-corrected chi connectivity index (χ1v) is 11.0. The molecule has 0 radical (unpaired) electrons. The van der Waals surface area contributed by atoms with Gasteiger partial charge in [0, 0.05) is 18.8 Å².